The van der Waals surface area contributed by atoms with Crippen molar-refractivity contribution in [3.8, 4) is 0 Å². The van der Waals surface area contributed by atoms with Gasteiger partial charge >= 0.3 is 0 Å². The van der Waals surface area contributed by atoms with Gasteiger partial charge in [-0.25, -0.2) is 4.98 Å². The maximum Gasteiger partial charge on any atom is 0.251 e. The van der Waals surface area contributed by atoms with Gasteiger partial charge < -0.3 is 15.2 Å². The van der Waals surface area contributed by atoms with Crippen LogP contribution in [0.15, 0.2) is 18.2 Å². The first-order chi connectivity index (χ1) is 11.2. The summed E-state index contributed by atoms with van der Waals surface area (Å²) >= 11 is 0. The van der Waals surface area contributed by atoms with E-state index in [9.17, 15) is 4.79 Å². The summed E-state index contributed by atoms with van der Waals surface area (Å²) in [5, 5.41) is 3.35. The number of benzene rings is 1. The average Bonchev–Trinajstić information content (AvgIpc) is 2.89. The topological polar surface area (TPSA) is 61.0 Å². The lowest BCUT2D eigenvalue weighted by atomic mass is 9.65. The summed E-state index contributed by atoms with van der Waals surface area (Å²) in [4.78, 5) is 22.9. The lowest BCUT2D eigenvalue weighted by Gasteiger charge is -2.55. The first-order valence-electron chi connectivity index (χ1n) is 8.65. The van der Waals surface area contributed by atoms with Crippen molar-refractivity contribution in [2.24, 2.45) is 17.8 Å². The molecule has 4 fully saturated rings. The fourth-order valence-electron chi connectivity index (χ4n) is 5.16. The number of fused-ring (bicyclic) bond motifs is 1. The van der Waals surface area contributed by atoms with Gasteiger partial charge in [0.25, 0.3) is 5.91 Å². The number of hydrogen-bond donors (Lipinski definition) is 2. The van der Waals surface area contributed by atoms with Crippen LogP contribution in [0.4, 0.5) is 0 Å². The maximum atomic E-state index is 12.7. The minimum atomic E-state index is 0.0617. The molecule has 1 saturated carbocycles. The van der Waals surface area contributed by atoms with Crippen LogP contribution in [-0.2, 0) is 0 Å². The van der Waals surface area contributed by atoms with Crippen molar-refractivity contribution in [3.63, 3.8) is 0 Å². The first kappa shape index (κ1) is 13.5. The van der Waals surface area contributed by atoms with Crippen molar-refractivity contribution >= 4 is 16.9 Å². The lowest BCUT2D eigenvalue weighted by molar-refractivity contribution is -0.0418. The van der Waals surface area contributed by atoms with Gasteiger partial charge in [-0.15, -0.1) is 0 Å². The molecule has 4 bridgehead atoms. The number of hydrogen-bond acceptors (Lipinski definition) is 3. The molecule has 2 N–H and O–H groups in total. The Balaban J connectivity index is 1.38. The molecule has 1 amide bonds. The Labute approximate surface area is 135 Å². The molecule has 4 heterocycles. The highest BCUT2D eigenvalue weighted by Crippen LogP contribution is 2.43. The first-order valence-corrected chi connectivity index (χ1v) is 8.65. The summed E-state index contributed by atoms with van der Waals surface area (Å²) in [5.74, 6) is 3.09. The van der Waals surface area contributed by atoms with Crippen LogP contribution in [0.1, 0.15) is 29.0 Å². The van der Waals surface area contributed by atoms with Gasteiger partial charge in [-0.2, -0.15) is 0 Å². The van der Waals surface area contributed by atoms with E-state index in [4.69, 9.17) is 0 Å². The molecule has 4 aliphatic rings. The molecular weight excluding hydrogens is 288 g/mol. The third-order valence-electron chi connectivity index (χ3n) is 5.95. The third-order valence-corrected chi connectivity index (χ3v) is 5.95. The number of rotatable bonds is 2. The highest BCUT2D eigenvalue weighted by molar-refractivity contribution is 5.97. The summed E-state index contributed by atoms with van der Waals surface area (Å²) in [6.45, 7) is 5.54. The van der Waals surface area contributed by atoms with Gasteiger partial charge in [0.2, 0.25) is 0 Å². The summed E-state index contributed by atoms with van der Waals surface area (Å²) < 4.78 is 0. The fourth-order valence-corrected chi connectivity index (χ4v) is 5.16. The number of nitrogens with zero attached hydrogens (tertiary/aromatic N) is 2. The van der Waals surface area contributed by atoms with Gasteiger partial charge in [0.05, 0.1) is 11.0 Å². The Morgan fingerprint density at radius 3 is 2.78 bits per heavy atom. The minimum Gasteiger partial charge on any atom is -0.349 e. The van der Waals surface area contributed by atoms with Gasteiger partial charge in [0.15, 0.2) is 0 Å². The molecule has 120 valence electrons. The van der Waals surface area contributed by atoms with Crippen LogP contribution < -0.4 is 5.32 Å². The van der Waals surface area contributed by atoms with E-state index < -0.39 is 0 Å². The number of amides is 1. The number of nitrogens with one attached hydrogen (secondary N) is 2. The summed E-state index contributed by atoms with van der Waals surface area (Å²) in [6, 6.07) is 6.09. The van der Waals surface area contributed by atoms with Crippen molar-refractivity contribution in [3.05, 3.63) is 29.6 Å². The predicted molar refractivity (Wildman–Crippen MR) is 88.2 cm³/mol. The molecule has 0 spiro atoms. The van der Waals surface area contributed by atoms with Crippen molar-refractivity contribution in [1.29, 1.82) is 0 Å². The van der Waals surface area contributed by atoms with Crippen LogP contribution in [0.2, 0.25) is 0 Å². The molecular formula is C18H22N4O. The average molecular weight is 310 g/mol. The SMILES string of the molecule is Cc1nc2ccc(C(=O)NC3[C@@H]4CC5C[C@H]3CN(C5)C4)cc2[nH]1. The van der Waals surface area contributed by atoms with Gasteiger partial charge in [0.1, 0.15) is 5.82 Å². The van der Waals surface area contributed by atoms with Gasteiger partial charge in [-0.1, -0.05) is 0 Å². The Bertz CT molecular complexity index is 752. The quantitative estimate of drug-likeness (QED) is 0.891. The number of carbonyl (C=O) groups is 1. The molecule has 1 aliphatic carbocycles. The van der Waals surface area contributed by atoms with Gasteiger partial charge in [-0.3, -0.25) is 4.79 Å². The molecule has 3 aliphatic heterocycles. The normalized spacial score (nSPS) is 34.9. The number of carbonyl (C=O) groups excluding carboxylic acids is 1. The van der Waals surface area contributed by atoms with E-state index >= 15 is 0 Å². The standard InChI is InChI=1S/C18H22N4O/c1-10-19-15-3-2-12(6-16(15)20-10)18(23)21-17-13-4-11-5-14(17)9-22(7-11)8-13/h2-3,6,11,13-14,17H,4-5,7-9H2,1H3,(H,19,20)(H,21,23)/t11?,13-,14+,17?. The molecule has 0 radical (unpaired) electrons. The molecule has 6 rings (SSSR count). The molecule has 2 aromatic rings. The number of imidazole rings is 1. The maximum absolute atomic E-state index is 12.7. The second-order valence-corrected chi connectivity index (χ2v) is 7.63. The van der Waals surface area contributed by atoms with E-state index in [1.54, 1.807) is 0 Å². The van der Waals surface area contributed by atoms with Crippen LogP contribution in [0.3, 0.4) is 0 Å². The van der Waals surface area contributed by atoms with Crippen LogP contribution in [0.5, 0.6) is 0 Å². The molecule has 1 aromatic carbocycles. The van der Waals surface area contributed by atoms with E-state index in [-0.39, 0.29) is 5.91 Å². The fraction of sp³-hybridized carbons (Fsp3) is 0.556. The Hall–Kier alpha value is -1.88. The summed E-state index contributed by atoms with van der Waals surface area (Å²) in [7, 11) is 0. The third kappa shape index (κ3) is 2.17. The molecule has 5 atom stereocenters. The lowest BCUT2D eigenvalue weighted by Crippen LogP contribution is -2.64. The number of aromatic nitrogens is 2. The summed E-state index contributed by atoms with van der Waals surface area (Å²) in [6.07, 6.45) is 2.58. The number of aryl methyl sites for hydroxylation is 1. The minimum absolute atomic E-state index is 0.0617. The Kier molecular flexibility index (Phi) is 2.83. The zero-order chi connectivity index (χ0) is 15.6. The van der Waals surface area contributed by atoms with E-state index in [0.717, 1.165) is 41.4 Å². The second kappa shape index (κ2) is 4.81. The van der Waals surface area contributed by atoms with E-state index in [1.165, 1.54) is 19.4 Å². The van der Waals surface area contributed by atoms with E-state index in [2.05, 4.69) is 20.2 Å². The van der Waals surface area contributed by atoms with Crippen molar-refractivity contribution in [2.75, 3.05) is 19.6 Å². The van der Waals surface area contributed by atoms with E-state index in [0.29, 0.717) is 17.9 Å². The largest absolute Gasteiger partial charge is 0.349 e. The molecule has 5 heteroatoms. The molecule has 3 unspecified atom stereocenters. The van der Waals surface area contributed by atoms with Crippen LogP contribution in [0.25, 0.3) is 11.0 Å². The number of aromatic amines is 1. The molecule has 5 nitrogen and oxygen atoms in total. The second-order valence-electron chi connectivity index (χ2n) is 7.63. The zero-order valence-corrected chi connectivity index (χ0v) is 13.4. The van der Waals surface area contributed by atoms with Crippen molar-refractivity contribution in [2.45, 2.75) is 25.8 Å². The summed E-state index contributed by atoms with van der Waals surface area (Å²) in [5.41, 5.74) is 2.59. The number of H-pyrrole nitrogens is 1. The Morgan fingerprint density at radius 2 is 2.04 bits per heavy atom. The van der Waals surface area contributed by atoms with Crippen LogP contribution in [0, 0.1) is 24.7 Å². The zero-order valence-electron chi connectivity index (χ0n) is 13.4. The Morgan fingerprint density at radius 1 is 1.26 bits per heavy atom. The molecule has 1 aromatic heterocycles. The van der Waals surface area contributed by atoms with Gasteiger partial charge in [0, 0.05) is 31.2 Å². The van der Waals surface area contributed by atoms with Gasteiger partial charge in [-0.05, 0) is 55.7 Å². The van der Waals surface area contributed by atoms with Crippen LogP contribution >= 0.6 is 0 Å². The predicted octanol–water partition coefficient (Wildman–Crippen LogP) is 1.94. The van der Waals surface area contributed by atoms with Crippen molar-refractivity contribution < 1.29 is 4.79 Å². The van der Waals surface area contributed by atoms with Crippen molar-refractivity contribution in [1.82, 2.24) is 20.2 Å². The molecule has 23 heavy (non-hydrogen) atoms. The van der Waals surface area contributed by atoms with E-state index in [1.807, 2.05) is 25.1 Å². The number of piperidine rings is 3. The monoisotopic (exact) mass is 310 g/mol. The highest BCUT2D eigenvalue weighted by Gasteiger charge is 2.47. The molecule has 3 saturated heterocycles. The highest BCUT2D eigenvalue weighted by atomic mass is 16.1. The smallest absolute Gasteiger partial charge is 0.251 e. The van der Waals surface area contributed by atoms with Crippen LogP contribution in [-0.4, -0.2) is 46.5 Å².